The lowest BCUT2D eigenvalue weighted by Gasteiger charge is -2.40. The summed E-state index contributed by atoms with van der Waals surface area (Å²) in [6.45, 7) is 2.80. The van der Waals surface area contributed by atoms with E-state index in [4.69, 9.17) is 18.9 Å². The third-order valence-corrected chi connectivity index (χ3v) is 8.85. The van der Waals surface area contributed by atoms with Gasteiger partial charge in [-0.3, -0.25) is 0 Å². The summed E-state index contributed by atoms with van der Waals surface area (Å²) in [5, 5.41) is 0. The Morgan fingerprint density at radius 1 is 0.829 bits per heavy atom. The summed E-state index contributed by atoms with van der Waals surface area (Å²) in [6, 6.07) is 1.06. The smallest absolute Gasteiger partial charge is 0.324 e. The number of ether oxygens (including phenoxy) is 5. The highest BCUT2D eigenvalue weighted by atomic mass is 19.4. The molecule has 4 fully saturated rings. The molecule has 0 N–H and O–H groups in total. The van der Waals surface area contributed by atoms with E-state index in [2.05, 4.69) is 4.74 Å². The molecule has 0 aromatic heterocycles. The maximum Gasteiger partial charge on any atom is 0.527 e. The zero-order valence-electron chi connectivity index (χ0n) is 22.2. The Labute approximate surface area is 230 Å². The van der Waals surface area contributed by atoms with E-state index in [-0.39, 0.29) is 50.0 Å². The minimum absolute atomic E-state index is 0.0629. The van der Waals surface area contributed by atoms with Gasteiger partial charge in [0.25, 0.3) is 5.97 Å². The summed E-state index contributed by atoms with van der Waals surface area (Å²) in [4.78, 5) is 0. The average molecular weight is 607 g/mol. The van der Waals surface area contributed by atoms with Crippen LogP contribution in [0.4, 0.5) is 39.5 Å². The second-order valence-electron chi connectivity index (χ2n) is 11.4. The lowest BCUT2D eigenvalue weighted by molar-refractivity contribution is -0.432. The Bertz CT molecular complexity index is 1060. The van der Waals surface area contributed by atoms with Crippen LogP contribution in [0.25, 0.3) is 0 Å². The van der Waals surface area contributed by atoms with Crippen LogP contribution >= 0.6 is 0 Å². The number of alkyl halides is 7. The van der Waals surface area contributed by atoms with Gasteiger partial charge in [-0.2, -0.15) is 17.6 Å². The standard InChI is InChI=1S/C27H31F9O5/c1-2-23-13-37-26(40-23,38-14-23)18-7-5-17(6-8-18)24(30,31)39-19-9-3-15(4-10-19)16-11-20(28)22(21(29)12-16)25(32,33)41-27(34,35)36/h11-12,15,17-19H,2-10,13-14H2,1H3. The fraction of sp³-hybridized carbons (Fsp3) is 0.778. The van der Waals surface area contributed by atoms with Crippen molar-refractivity contribution in [2.75, 3.05) is 13.2 Å². The maximum absolute atomic E-state index is 15.1. The van der Waals surface area contributed by atoms with Gasteiger partial charge in [-0.05, 0) is 81.4 Å². The number of hydrogen-bond acceptors (Lipinski definition) is 5. The maximum atomic E-state index is 15.1. The lowest BCUT2D eigenvalue weighted by Crippen LogP contribution is -2.45. The fourth-order valence-electron chi connectivity index (χ4n) is 6.48. The van der Waals surface area contributed by atoms with Crippen molar-refractivity contribution in [2.45, 2.75) is 107 Å². The first-order valence-electron chi connectivity index (χ1n) is 13.7. The number of hydrogen-bond donors (Lipinski definition) is 0. The Balaban J connectivity index is 1.14. The van der Waals surface area contributed by atoms with Crippen molar-refractivity contribution in [2.24, 2.45) is 11.8 Å². The van der Waals surface area contributed by atoms with E-state index in [1.807, 2.05) is 6.92 Å². The number of fused-ring (bicyclic) bond motifs is 2. The van der Waals surface area contributed by atoms with Gasteiger partial charge in [0, 0.05) is 5.92 Å². The van der Waals surface area contributed by atoms with Crippen molar-refractivity contribution in [1.29, 1.82) is 0 Å². The molecule has 5 nitrogen and oxygen atoms in total. The van der Waals surface area contributed by atoms with Crippen molar-refractivity contribution in [3.63, 3.8) is 0 Å². The number of benzene rings is 1. The summed E-state index contributed by atoms with van der Waals surface area (Å²) in [6.07, 6.45) is -12.9. The minimum atomic E-state index is -5.83. The summed E-state index contributed by atoms with van der Waals surface area (Å²) in [5.41, 5.74) is -2.69. The minimum Gasteiger partial charge on any atom is -0.324 e. The molecule has 2 bridgehead atoms. The summed E-state index contributed by atoms with van der Waals surface area (Å²) >= 11 is 0. The third-order valence-electron chi connectivity index (χ3n) is 8.85. The zero-order chi connectivity index (χ0) is 29.8. The normalized spacial score (nSPS) is 34.8. The monoisotopic (exact) mass is 606 g/mol. The van der Waals surface area contributed by atoms with Crippen LogP contribution in [0.5, 0.6) is 0 Å². The van der Waals surface area contributed by atoms with Gasteiger partial charge in [0.15, 0.2) is 0 Å². The Morgan fingerprint density at radius 2 is 1.39 bits per heavy atom. The van der Waals surface area contributed by atoms with Gasteiger partial charge in [0.1, 0.15) is 22.8 Å². The molecule has 232 valence electrons. The molecule has 0 amide bonds. The molecule has 41 heavy (non-hydrogen) atoms. The SMILES string of the molecule is CCC12COC(C3CCC(C(F)(F)OC4CCC(c5cc(F)c(C(F)(F)OC(F)(F)F)c(F)c5)CC4)CC3)(OC1)O2. The van der Waals surface area contributed by atoms with Crippen LogP contribution in [0.3, 0.4) is 0 Å². The van der Waals surface area contributed by atoms with Gasteiger partial charge in [-0.25, -0.2) is 13.5 Å². The lowest BCUT2D eigenvalue weighted by atomic mass is 9.79. The topological polar surface area (TPSA) is 46.2 Å². The largest absolute Gasteiger partial charge is 0.527 e. The Hall–Kier alpha value is -1.61. The predicted octanol–water partition coefficient (Wildman–Crippen LogP) is 7.87. The molecule has 1 aromatic carbocycles. The molecule has 2 aliphatic carbocycles. The van der Waals surface area contributed by atoms with E-state index in [1.54, 1.807) is 0 Å². The van der Waals surface area contributed by atoms with Crippen molar-refractivity contribution in [3.8, 4) is 0 Å². The van der Waals surface area contributed by atoms with Crippen molar-refractivity contribution >= 4 is 0 Å². The highest BCUT2D eigenvalue weighted by Crippen LogP contribution is 2.52. The molecule has 14 heteroatoms. The molecular formula is C27H31F9O5. The molecule has 0 unspecified atom stereocenters. The quantitative estimate of drug-likeness (QED) is 0.282. The van der Waals surface area contributed by atoms with Gasteiger partial charge in [0.2, 0.25) is 0 Å². The van der Waals surface area contributed by atoms with Crippen molar-refractivity contribution in [3.05, 3.63) is 34.9 Å². The van der Waals surface area contributed by atoms with Crippen LogP contribution in [0, 0.1) is 23.5 Å². The molecule has 5 rings (SSSR count). The van der Waals surface area contributed by atoms with Crippen molar-refractivity contribution in [1.82, 2.24) is 0 Å². The van der Waals surface area contributed by atoms with E-state index in [0.717, 1.165) is 6.42 Å². The van der Waals surface area contributed by atoms with Gasteiger partial charge in [-0.1, -0.05) is 6.92 Å². The fourth-order valence-corrected chi connectivity index (χ4v) is 6.48. The summed E-state index contributed by atoms with van der Waals surface area (Å²) in [7, 11) is 0. The van der Waals surface area contributed by atoms with Crippen LogP contribution in [0.2, 0.25) is 0 Å². The van der Waals surface area contributed by atoms with Crippen molar-refractivity contribution < 1.29 is 63.2 Å². The van der Waals surface area contributed by atoms with E-state index in [1.165, 1.54) is 0 Å². The molecule has 0 radical (unpaired) electrons. The molecule has 2 heterocycles. The second kappa shape index (κ2) is 10.8. The van der Waals surface area contributed by atoms with Crippen LogP contribution in [0.1, 0.15) is 81.8 Å². The Morgan fingerprint density at radius 3 is 1.88 bits per heavy atom. The Kier molecular flexibility index (Phi) is 8.15. The van der Waals surface area contributed by atoms with E-state index in [9.17, 15) is 30.7 Å². The van der Waals surface area contributed by atoms with E-state index in [0.29, 0.717) is 38.2 Å². The van der Waals surface area contributed by atoms with Crippen LogP contribution in [-0.2, 0) is 29.8 Å². The molecule has 4 aliphatic rings. The molecule has 0 atom stereocenters. The molecule has 1 aromatic rings. The molecule has 0 spiro atoms. The molecule has 2 aliphatic heterocycles. The highest BCUT2D eigenvalue weighted by Gasteiger charge is 2.62. The van der Waals surface area contributed by atoms with E-state index >= 15 is 8.78 Å². The predicted molar refractivity (Wildman–Crippen MR) is 123 cm³/mol. The summed E-state index contributed by atoms with van der Waals surface area (Å²) < 4.78 is 149. The summed E-state index contributed by atoms with van der Waals surface area (Å²) in [5.74, 6) is -6.75. The molecule has 2 saturated carbocycles. The first-order valence-corrected chi connectivity index (χ1v) is 13.7. The van der Waals surface area contributed by atoms with Crippen LogP contribution in [-0.4, -0.2) is 43.4 Å². The molecule has 2 saturated heterocycles. The van der Waals surface area contributed by atoms with Gasteiger partial charge >= 0.3 is 18.6 Å². The zero-order valence-corrected chi connectivity index (χ0v) is 22.2. The number of rotatable bonds is 8. The number of halogens is 9. The first kappa shape index (κ1) is 30.8. The van der Waals surface area contributed by atoms with Gasteiger partial charge in [0.05, 0.1) is 25.2 Å². The van der Waals surface area contributed by atoms with Gasteiger partial charge in [-0.15, -0.1) is 13.2 Å². The third kappa shape index (κ3) is 6.22. The molecular weight excluding hydrogens is 575 g/mol. The second-order valence-corrected chi connectivity index (χ2v) is 11.4. The van der Waals surface area contributed by atoms with Crippen LogP contribution in [0.15, 0.2) is 12.1 Å². The van der Waals surface area contributed by atoms with E-state index < -0.39 is 65.3 Å². The first-order chi connectivity index (χ1) is 19.1. The van der Waals surface area contributed by atoms with Crippen LogP contribution < -0.4 is 0 Å². The van der Waals surface area contributed by atoms with Gasteiger partial charge < -0.3 is 18.9 Å². The highest BCUT2D eigenvalue weighted by molar-refractivity contribution is 5.31. The average Bonchev–Trinajstić information content (AvgIpc) is 3.45.